The Bertz CT molecular complexity index is 406. The molecule has 0 unspecified atom stereocenters. The molecular weight excluding hydrogens is 192 g/mol. The van der Waals surface area contributed by atoms with Crippen molar-refractivity contribution in [3.63, 3.8) is 0 Å². The number of benzene rings is 1. The van der Waals surface area contributed by atoms with Crippen LogP contribution in [0.2, 0.25) is 0 Å². The average Bonchev–Trinajstić information content (AvgIpc) is 2.66. The van der Waals surface area contributed by atoms with Gasteiger partial charge in [-0.1, -0.05) is 12.1 Å². The Labute approximate surface area is 87.7 Å². The molecule has 0 aromatic heterocycles. The van der Waals surface area contributed by atoms with Crippen molar-refractivity contribution in [3.05, 3.63) is 35.4 Å². The van der Waals surface area contributed by atoms with Crippen LogP contribution in [0.4, 0.5) is 4.79 Å². The second kappa shape index (κ2) is 4.01. The van der Waals surface area contributed by atoms with Gasteiger partial charge in [0.15, 0.2) is 0 Å². The van der Waals surface area contributed by atoms with Gasteiger partial charge in [0.05, 0.1) is 18.2 Å². The van der Waals surface area contributed by atoms with Crippen molar-refractivity contribution >= 4 is 6.09 Å². The lowest BCUT2D eigenvalue weighted by Crippen LogP contribution is -2.23. The molecule has 0 atom stereocenters. The van der Waals surface area contributed by atoms with E-state index in [1.807, 2.05) is 12.1 Å². The molecule has 1 aromatic carbocycles. The number of hydrogen-bond donors (Lipinski definition) is 0. The summed E-state index contributed by atoms with van der Waals surface area (Å²) in [4.78, 5) is 12.8. The highest BCUT2D eigenvalue weighted by molar-refractivity contribution is 5.69. The van der Waals surface area contributed by atoms with Crippen molar-refractivity contribution in [1.29, 1.82) is 5.26 Å². The summed E-state index contributed by atoms with van der Waals surface area (Å²) in [7, 11) is 0. The molecular formula is C11H10N2O2. The number of ether oxygens (including phenoxy) is 1. The largest absolute Gasteiger partial charge is 0.448 e. The molecule has 4 heteroatoms. The molecule has 15 heavy (non-hydrogen) atoms. The molecule has 0 aliphatic carbocycles. The van der Waals surface area contributed by atoms with Gasteiger partial charge in [-0.25, -0.2) is 4.79 Å². The number of carbonyl (C=O) groups excluding carboxylic acids is 1. The Morgan fingerprint density at radius 2 is 2.13 bits per heavy atom. The Morgan fingerprint density at radius 3 is 2.67 bits per heavy atom. The van der Waals surface area contributed by atoms with Crippen molar-refractivity contribution < 1.29 is 9.53 Å². The summed E-state index contributed by atoms with van der Waals surface area (Å²) >= 11 is 0. The first-order valence-corrected chi connectivity index (χ1v) is 4.70. The number of hydrogen-bond acceptors (Lipinski definition) is 3. The standard InChI is InChI=1S/C11H10N2O2/c12-7-9-1-3-10(4-2-9)8-13-5-6-15-11(13)14/h1-4H,5-6,8H2. The quantitative estimate of drug-likeness (QED) is 0.730. The van der Waals surface area contributed by atoms with Crippen molar-refractivity contribution in [3.8, 4) is 6.07 Å². The van der Waals surface area contributed by atoms with E-state index in [9.17, 15) is 4.79 Å². The lowest BCUT2D eigenvalue weighted by molar-refractivity contribution is 0.157. The van der Waals surface area contributed by atoms with Crippen LogP contribution in [-0.2, 0) is 11.3 Å². The van der Waals surface area contributed by atoms with Gasteiger partial charge in [-0.2, -0.15) is 5.26 Å². The van der Waals surface area contributed by atoms with E-state index in [1.165, 1.54) is 0 Å². The van der Waals surface area contributed by atoms with Gasteiger partial charge in [0.2, 0.25) is 0 Å². The molecule has 0 radical (unpaired) electrons. The van der Waals surface area contributed by atoms with Crippen LogP contribution < -0.4 is 0 Å². The fourth-order valence-corrected chi connectivity index (χ4v) is 1.47. The monoisotopic (exact) mass is 202 g/mol. The van der Waals surface area contributed by atoms with Crippen LogP contribution in [0.5, 0.6) is 0 Å². The van der Waals surface area contributed by atoms with Crippen LogP contribution in [0.3, 0.4) is 0 Å². The number of nitriles is 1. The van der Waals surface area contributed by atoms with Gasteiger partial charge in [0, 0.05) is 6.54 Å². The Balaban J connectivity index is 2.05. The van der Waals surface area contributed by atoms with E-state index in [-0.39, 0.29) is 6.09 Å². The van der Waals surface area contributed by atoms with Gasteiger partial charge >= 0.3 is 6.09 Å². The van der Waals surface area contributed by atoms with Crippen LogP contribution in [0.25, 0.3) is 0 Å². The highest BCUT2D eigenvalue weighted by Gasteiger charge is 2.21. The van der Waals surface area contributed by atoms with E-state index in [1.54, 1.807) is 17.0 Å². The minimum atomic E-state index is -0.264. The molecule has 76 valence electrons. The average molecular weight is 202 g/mol. The summed E-state index contributed by atoms with van der Waals surface area (Å²) in [5.41, 5.74) is 1.63. The highest BCUT2D eigenvalue weighted by Crippen LogP contribution is 2.11. The number of rotatable bonds is 2. The number of amides is 1. The third-order valence-electron chi connectivity index (χ3n) is 2.30. The van der Waals surface area contributed by atoms with Crippen LogP contribution in [0.15, 0.2) is 24.3 Å². The van der Waals surface area contributed by atoms with E-state index >= 15 is 0 Å². The van der Waals surface area contributed by atoms with Gasteiger partial charge < -0.3 is 9.64 Å². The molecule has 0 spiro atoms. The predicted octanol–water partition coefficient (Wildman–Crippen LogP) is 1.51. The van der Waals surface area contributed by atoms with E-state index in [4.69, 9.17) is 10.00 Å². The van der Waals surface area contributed by atoms with Crippen molar-refractivity contribution in [2.75, 3.05) is 13.2 Å². The van der Waals surface area contributed by atoms with Crippen LogP contribution in [-0.4, -0.2) is 24.1 Å². The Kier molecular flexibility index (Phi) is 2.55. The molecule has 1 amide bonds. The maximum atomic E-state index is 11.2. The molecule has 1 heterocycles. The fraction of sp³-hybridized carbons (Fsp3) is 0.273. The van der Waals surface area contributed by atoms with Crippen LogP contribution in [0.1, 0.15) is 11.1 Å². The minimum Gasteiger partial charge on any atom is -0.448 e. The number of cyclic esters (lactones) is 1. The molecule has 0 saturated carbocycles. The summed E-state index contributed by atoms with van der Waals surface area (Å²) < 4.78 is 4.82. The first-order valence-electron chi connectivity index (χ1n) is 4.70. The summed E-state index contributed by atoms with van der Waals surface area (Å²) in [6.45, 7) is 1.65. The van der Waals surface area contributed by atoms with E-state index in [2.05, 4.69) is 6.07 Å². The lowest BCUT2D eigenvalue weighted by atomic mass is 10.1. The van der Waals surface area contributed by atoms with Gasteiger partial charge in [0.25, 0.3) is 0 Å². The first kappa shape index (κ1) is 9.53. The summed E-state index contributed by atoms with van der Waals surface area (Å²) in [6.07, 6.45) is -0.264. The van der Waals surface area contributed by atoms with Gasteiger partial charge in [-0.15, -0.1) is 0 Å². The molecule has 1 aliphatic heterocycles. The van der Waals surface area contributed by atoms with Gasteiger partial charge in [-0.05, 0) is 17.7 Å². The predicted molar refractivity (Wildman–Crippen MR) is 52.9 cm³/mol. The molecule has 1 saturated heterocycles. The van der Waals surface area contributed by atoms with Crippen molar-refractivity contribution in [2.24, 2.45) is 0 Å². The third kappa shape index (κ3) is 2.08. The molecule has 4 nitrogen and oxygen atoms in total. The second-order valence-corrected chi connectivity index (χ2v) is 3.34. The maximum absolute atomic E-state index is 11.2. The normalized spacial score (nSPS) is 14.9. The molecule has 2 rings (SSSR count). The highest BCUT2D eigenvalue weighted by atomic mass is 16.6. The van der Waals surface area contributed by atoms with Gasteiger partial charge in [0.1, 0.15) is 6.61 Å². The molecule has 0 bridgehead atoms. The van der Waals surface area contributed by atoms with Crippen LogP contribution in [0, 0.1) is 11.3 Å². The van der Waals surface area contributed by atoms with E-state index < -0.39 is 0 Å². The summed E-state index contributed by atoms with van der Waals surface area (Å²) in [6, 6.07) is 9.25. The van der Waals surface area contributed by atoms with Crippen molar-refractivity contribution in [1.82, 2.24) is 4.90 Å². The lowest BCUT2D eigenvalue weighted by Gasteiger charge is -2.11. The summed E-state index contributed by atoms with van der Waals surface area (Å²) in [5.74, 6) is 0. The first-order chi connectivity index (χ1) is 7.29. The zero-order valence-corrected chi connectivity index (χ0v) is 8.14. The Morgan fingerprint density at radius 1 is 1.40 bits per heavy atom. The van der Waals surface area contributed by atoms with Crippen molar-refractivity contribution in [2.45, 2.75) is 6.54 Å². The van der Waals surface area contributed by atoms with Crippen LogP contribution >= 0.6 is 0 Å². The molecule has 0 N–H and O–H groups in total. The fourth-order valence-electron chi connectivity index (χ4n) is 1.47. The third-order valence-corrected chi connectivity index (χ3v) is 2.30. The Hall–Kier alpha value is -2.02. The topological polar surface area (TPSA) is 53.3 Å². The minimum absolute atomic E-state index is 0.264. The van der Waals surface area contributed by atoms with E-state index in [0.717, 1.165) is 5.56 Å². The molecule has 1 fully saturated rings. The zero-order chi connectivity index (χ0) is 10.7. The summed E-state index contributed by atoms with van der Waals surface area (Å²) in [5, 5.41) is 8.62. The van der Waals surface area contributed by atoms with Gasteiger partial charge in [-0.3, -0.25) is 0 Å². The molecule has 1 aliphatic rings. The second-order valence-electron chi connectivity index (χ2n) is 3.34. The van der Waals surface area contributed by atoms with E-state index in [0.29, 0.717) is 25.3 Å². The number of nitrogens with zero attached hydrogens (tertiary/aromatic N) is 2. The SMILES string of the molecule is N#Cc1ccc(CN2CCOC2=O)cc1. The molecule has 1 aromatic rings. The smallest absolute Gasteiger partial charge is 0.410 e. The number of carbonyl (C=O) groups is 1. The zero-order valence-electron chi connectivity index (χ0n) is 8.14. The maximum Gasteiger partial charge on any atom is 0.410 e.